The molecule has 1 aliphatic heterocycles. The largest absolute Gasteiger partial charge is 0.375 e. The number of carbonyl (C=O) groups excluding carboxylic acids is 2. The van der Waals surface area contributed by atoms with Crippen LogP contribution >= 0.6 is 0 Å². The van der Waals surface area contributed by atoms with Crippen molar-refractivity contribution in [2.24, 2.45) is 0 Å². The number of amides is 3. The van der Waals surface area contributed by atoms with E-state index in [0.717, 1.165) is 0 Å². The molecule has 1 aliphatic rings. The van der Waals surface area contributed by atoms with E-state index in [1.807, 2.05) is 5.32 Å². The highest BCUT2D eigenvalue weighted by Gasteiger charge is 2.27. The highest BCUT2D eigenvalue weighted by atomic mass is 16.2. The molecule has 0 aliphatic carbocycles. The first kappa shape index (κ1) is 6.44. The lowest BCUT2D eigenvalue weighted by Crippen LogP contribution is -2.53. The number of imide groups is 1. The Morgan fingerprint density at radius 2 is 2.20 bits per heavy atom. The summed E-state index contributed by atoms with van der Waals surface area (Å²) in [5.41, 5.74) is 8.03. The normalized spacial score (nSPS) is 17.4. The van der Waals surface area contributed by atoms with Crippen LogP contribution < -0.4 is 10.6 Å². The lowest BCUT2D eigenvalue weighted by Gasteiger charge is -2.06. The second-order valence-electron chi connectivity index (χ2n) is 1.68. The van der Waals surface area contributed by atoms with Crippen molar-refractivity contribution < 1.29 is 14.4 Å². The summed E-state index contributed by atoms with van der Waals surface area (Å²) in [7, 11) is 0. The summed E-state index contributed by atoms with van der Waals surface area (Å²) in [5.74, 6) is -0.661. The van der Waals surface area contributed by atoms with Crippen LogP contribution in [-0.2, 0) is 4.79 Å². The molecule has 1 heterocycles. The first-order chi connectivity index (χ1) is 4.74. The summed E-state index contributed by atoms with van der Waals surface area (Å²) in [4.78, 5) is 23.6. The average Bonchev–Trinajstić information content (AvgIpc) is 1.88. The molecule has 6 nitrogen and oxygen atoms in total. The van der Waals surface area contributed by atoms with Gasteiger partial charge in [0.05, 0.1) is 0 Å². The highest BCUT2D eigenvalue weighted by Crippen LogP contribution is 1.79. The predicted octanol–water partition coefficient (Wildman–Crippen LogP) is -1.50. The number of hydrogen-bond acceptors (Lipinski definition) is 2. The van der Waals surface area contributed by atoms with Crippen LogP contribution in [0.2, 0.25) is 0 Å². The van der Waals surface area contributed by atoms with Crippen LogP contribution in [0.5, 0.6) is 0 Å². The second-order valence-corrected chi connectivity index (χ2v) is 1.68. The van der Waals surface area contributed by atoms with Crippen LogP contribution in [0.25, 0.3) is 5.53 Å². The van der Waals surface area contributed by atoms with Gasteiger partial charge < -0.3 is 10.8 Å². The first-order valence-corrected chi connectivity index (χ1v) is 2.54. The Labute approximate surface area is 55.8 Å². The minimum absolute atomic E-state index is 0.0266. The topological polar surface area (TPSA) is 94.6 Å². The standard InChI is InChI=1S/C4H4N4O2/c5-8-2-1-6-4(10)7-3(2)9/h1H2,(H2,6,7,9,10). The molecule has 2 N–H and O–H groups in total. The van der Waals surface area contributed by atoms with E-state index in [1.165, 1.54) is 0 Å². The van der Waals surface area contributed by atoms with Crippen LogP contribution in [0.3, 0.4) is 0 Å². The van der Waals surface area contributed by atoms with E-state index in [9.17, 15) is 9.59 Å². The number of carbonyl (C=O) groups is 2. The van der Waals surface area contributed by atoms with E-state index in [2.05, 4.69) is 10.1 Å². The molecular weight excluding hydrogens is 136 g/mol. The van der Waals surface area contributed by atoms with Gasteiger partial charge in [-0.1, -0.05) is 0 Å². The summed E-state index contributed by atoms with van der Waals surface area (Å²) in [6.45, 7) is -0.0266. The summed E-state index contributed by atoms with van der Waals surface area (Å²) < 4.78 is 0. The van der Waals surface area contributed by atoms with E-state index in [-0.39, 0.29) is 12.3 Å². The number of hydrogen-bond donors (Lipinski definition) is 2. The van der Waals surface area contributed by atoms with Crippen molar-refractivity contribution in [1.82, 2.24) is 10.6 Å². The summed E-state index contributed by atoms with van der Waals surface area (Å²) in [6, 6.07) is -0.572. The molecule has 0 bridgehead atoms. The van der Waals surface area contributed by atoms with E-state index >= 15 is 0 Å². The van der Waals surface area contributed by atoms with Gasteiger partial charge in [-0.2, -0.15) is 4.79 Å². The maximum Gasteiger partial charge on any atom is 0.375 e. The quantitative estimate of drug-likeness (QED) is 0.316. The average molecular weight is 140 g/mol. The second kappa shape index (κ2) is 2.28. The Morgan fingerprint density at radius 3 is 2.70 bits per heavy atom. The van der Waals surface area contributed by atoms with Gasteiger partial charge in [-0.25, -0.2) is 4.79 Å². The van der Waals surface area contributed by atoms with Crippen LogP contribution in [0.4, 0.5) is 4.79 Å². The van der Waals surface area contributed by atoms with E-state index in [1.54, 1.807) is 0 Å². The molecule has 0 aromatic carbocycles. The summed E-state index contributed by atoms with van der Waals surface area (Å²) >= 11 is 0. The molecule has 1 rings (SSSR count). The van der Waals surface area contributed by atoms with Gasteiger partial charge in [-0.15, -0.1) is 0 Å². The molecule has 0 atom stereocenters. The predicted molar refractivity (Wildman–Crippen MR) is 30.2 cm³/mol. The molecule has 0 spiro atoms. The fourth-order valence-corrected chi connectivity index (χ4v) is 0.545. The molecule has 0 saturated carbocycles. The van der Waals surface area contributed by atoms with Gasteiger partial charge in [0.2, 0.25) is 0 Å². The van der Waals surface area contributed by atoms with Crippen molar-refractivity contribution in [3.8, 4) is 0 Å². The van der Waals surface area contributed by atoms with E-state index < -0.39 is 11.9 Å². The van der Waals surface area contributed by atoms with Crippen molar-refractivity contribution in [1.29, 1.82) is 0 Å². The SMILES string of the molecule is [N-]=[N+]=C1CNC(=O)NC1=O. The molecule has 1 saturated heterocycles. The Hall–Kier alpha value is -1.68. The van der Waals surface area contributed by atoms with Crippen molar-refractivity contribution in [3.63, 3.8) is 0 Å². The molecule has 52 valence electrons. The molecule has 10 heavy (non-hydrogen) atoms. The fourth-order valence-electron chi connectivity index (χ4n) is 0.545. The monoisotopic (exact) mass is 140 g/mol. The van der Waals surface area contributed by atoms with E-state index in [0.29, 0.717) is 0 Å². The van der Waals surface area contributed by atoms with Crippen molar-refractivity contribution >= 4 is 17.6 Å². The molecule has 0 unspecified atom stereocenters. The Kier molecular flexibility index (Phi) is 1.47. The maximum absolute atomic E-state index is 10.6. The number of nitrogens with one attached hydrogen (secondary N) is 2. The smallest absolute Gasteiger partial charge is 0.361 e. The Balaban J connectivity index is 2.79. The summed E-state index contributed by atoms with van der Waals surface area (Å²) in [6.07, 6.45) is 0. The third kappa shape index (κ3) is 1.01. The zero-order chi connectivity index (χ0) is 7.56. The van der Waals surface area contributed by atoms with E-state index in [4.69, 9.17) is 5.53 Å². The lowest BCUT2D eigenvalue weighted by molar-refractivity contribution is -0.118. The van der Waals surface area contributed by atoms with Crippen LogP contribution in [0, 0.1) is 0 Å². The molecule has 6 heteroatoms. The molecule has 1 fully saturated rings. The van der Waals surface area contributed by atoms with Gasteiger partial charge in [0, 0.05) is 0 Å². The van der Waals surface area contributed by atoms with Gasteiger partial charge in [0.1, 0.15) is 6.54 Å². The van der Waals surface area contributed by atoms with Gasteiger partial charge in [0.25, 0.3) is 0 Å². The number of urea groups is 1. The molecular formula is C4H4N4O2. The molecule has 0 radical (unpaired) electrons. The minimum Gasteiger partial charge on any atom is -0.361 e. The van der Waals surface area contributed by atoms with Gasteiger partial charge >= 0.3 is 17.6 Å². The summed E-state index contributed by atoms with van der Waals surface area (Å²) in [5, 5.41) is 4.15. The van der Waals surface area contributed by atoms with Crippen LogP contribution in [0.15, 0.2) is 0 Å². The van der Waals surface area contributed by atoms with Crippen LogP contribution in [-0.4, -0.2) is 29.0 Å². The zero-order valence-corrected chi connectivity index (χ0v) is 4.92. The zero-order valence-electron chi connectivity index (χ0n) is 4.92. The number of rotatable bonds is 0. The molecule has 0 aromatic heterocycles. The van der Waals surface area contributed by atoms with Crippen molar-refractivity contribution in [2.45, 2.75) is 0 Å². The minimum atomic E-state index is -0.661. The Morgan fingerprint density at radius 1 is 1.50 bits per heavy atom. The molecule has 3 amide bonds. The van der Waals surface area contributed by atoms with Crippen molar-refractivity contribution in [3.05, 3.63) is 5.53 Å². The van der Waals surface area contributed by atoms with Gasteiger partial charge in [-0.05, 0) is 0 Å². The maximum atomic E-state index is 10.6. The number of nitrogens with zero attached hydrogens (tertiary/aromatic N) is 2. The lowest BCUT2D eigenvalue weighted by atomic mass is 10.3. The van der Waals surface area contributed by atoms with Crippen LogP contribution in [0.1, 0.15) is 0 Å². The molecule has 0 aromatic rings. The fraction of sp³-hybridized carbons (Fsp3) is 0.250. The third-order valence-corrected chi connectivity index (χ3v) is 1.03. The first-order valence-electron chi connectivity index (χ1n) is 2.54. The van der Waals surface area contributed by atoms with Gasteiger partial charge in [-0.3, -0.25) is 10.1 Å². The van der Waals surface area contributed by atoms with Crippen molar-refractivity contribution in [2.75, 3.05) is 6.54 Å². The Bertz CT molecular complexity index is 240. The van der Waals surface area contributed by atoms with Gasteiger partial charge in [0.15, 0.2) is 0 Å². The third-order valence-electron chi connectivity index (χ3n) is 1.03. The highest BCUT2D eigenvalue weighted by molar-refractivity contribution is 6.41.